The molecule has 144 valence electrons. The summed E-state index contributed by atoms with van der Waals surface area (Å²) in [7, 11) is 0. The van der Waals surface area contributed by atoms with Crippen molar-refractivity contribution in [2.75, 3.05) is 19.6 Å². The van der Waals surface area contributed by atoms with Crippen molar-refractivity contribution in [3.63, 3.8) is 0 Å². The van der Waals surface area contributed by atoms with Gasteiger partial charge in [0.2, 0.25) is 11.8 Å². The minimum atomic E-state index is -1.51. The number of halogens is 1. The number of nitrogens with one attached hydrogen (secondary N) is 1. The lowest BCUT2D eigenvalue weighted by molar-refractivity contribution is -0.147. The summed E-state index contributed by atoms with van der Waals surface area (Å²) in [5, 5.41) is 6.84. The van der Waals surface area contributed by atoms with Gasteiger partial charge in [-0.05, 0) is 25.3 Å². The molecule has 6 nitrogen and oxygen atoms in total. The maximum atomic E-state index is 14.8. The number of aromatic nitrogens is 2. The van der Waals surface area contributed by atoms with Crippen molar-refractivity contribution in [3.8, 4) is 0 Å². The van der Waals surface area contributed by atoms with Gasteiger partial charge in [-0.25, -0.2) is 4.39 Å². The summed E-state index contributed by atoms with van der Waals surface area (Å²) in [6, 6.07) is 1.75. The quantitative estimate of drug-likeness (QED) is 0.770. The standard InChI is InChI=1S/C19H29FN4O2/c1-2-3-7-18(8-4-5-9-18)17(26)21-13-19(20)14-23(15-19)16(25)12-24-11-6-10-22-24/h6,10-11H,2-5,7-9,12-15H2,1H3,(H,21,26). The first-order valence-electron chi connectivity index (χ1n) is 9.69. The molecule has 1 aromatic heterocycles. The summed E-state index contributed by atoms with van der Waals surface area (Å²) < 4.78 is 16.3. The highest BCUT2D eigenvalue weighted by Crippen LogP contribution is 2.42. The Morgan fingerprint density at radius 2 is 2.00 bits per heavy atom. The van der Waals surface area contributed by atoms with E-state index in [0.29, 0.717) is 0 Å². The van der Waals surface area contributed by atoms with Gasteiger partial charge in [-0.15, -0.1) is 0 Å². The van der Waals surface area contributed by atoms with E-state index in [0.717, 1.165) is 44.9 Å². The van der Waals surface area contributed by atoms with Crippen LogP contribution in [0.1, 0.15) is 51.9 Å². The van der Waals surface area contributed by atoms with Crippen LogP contribution in [0.3, 0.4) is 0 Å². The van der Waals surface area contributed by atoms with Crippen LogP contribution in [-0.2, 0) is 16.1 Å². The van der Waals surface area contributed by atoms with E-state index < -0.39 is 5.67 Å². The van der Waals surface area contributed by atoms with Gasteiger partial charge in [0.15, 0.2) is 5.67 Å². The molecule has 7 heteroatoms. The maximum Gasteiger partial charge on any atom is 0.244 e. The molecule has 1 N–H and O–H groups in total. The second kappa shape index (κ2) is 7.76. The Bertz CT molecular complexity index is 619. The minimum Gasteiger partial charge on any atom is -0.352 e. The Labute approximate surface area is 154 Å². The second-order valence-corrected chi connectivity index (χ2v) is 7.88. The van der Waals surface area contributed by atoms with Gasteiger partial charge in [-0.3, -0.25) is 14.3 Å². The summed E-state index contributed by atoms with van der Waals surface area (Å²) >= 11 is 0. The van der Waals surface area contributed by atoms with Crippen LogP contribution in [0.15, 0.2) is 18.5 Å². The molecule has 0 atom stereocenters. The third kappa shape index (κ3) is 4.07. The summed E-state index contributed by atoms with van der Waals surface area (Å²) in [5.41, 5.74) is -1.81. The molecular formula is C19H29FN4O2. The number of unbranched alkanes of at least 4 members (excludes halogenated alkanes) is 1. The van der Waals surface area contributed by atoms with E-state index in [1.807, 2.05) is 0 Å². The summed E-state index contributed by atoms with van der Waals surface area (Å²) in [5.74, 6) is -0.148. The number of carbonyl (C=O) groups excluding carboxylic acids is 2. The van der Waals surface area contributed by atoms with E-state index in [9.17, 15) is 14.0 Å². The molecule has 1 saturated heterocycles. The Hall–Kier alpha value is -1.92. The predicted octanol–water partition coefficient (Wildman–Crippen LogP) is 2.30. The number of alkyl halides is 1. The number of likely N-dealkylation sites (tertiary alicyclic amines) is 1. The molecule has 0 spiro atoms. The van der Waals surface area contributed by atoms with E-state index in [1.165, 1.54) is 9.58 Å². The van der Waals surface area contributed by atoms with Crippen molar-refractivity contribution in [1.82, 2.24) is 20.0 Å². The molecule has 0 aromatic carbocycles. The molecule has 1 saturated carbocycles. The fourth-order valence-electron chi connectivity index (χ4n) is 4.14. The van der Waals surface area contributed by atoms with Crippen molar-refractivity contribution in [2.45, 2.75) is 64.1 Å². The highest BCUT2D eigenvalue weighted by molar-refractivity contribution is 5.83. The molecule has 2 fully saturated rings. The molecule has 0 unspecified atom stereocenters. The smallest absolute Gasteiger partial charge is 0.244 e. The largest absolute Gasteiger partial charge is 0.352 e. The number of amides is 2. The molecule has 0 radical (unpaired) electrons. The second-order valence-electron chi connectivity index (χ2n) is 7.88. The van der Waals surface area contributed by atoms with E-state index >= 15 is 0 Å². The van der Waals surface area contributed by atoms with Gasteiger partial charge >= 0.3 is 0 Å². The van der Waals surface area contributed by atoms with Crippen LogP contribution in [0.5, 0.6) is 0 Å². The molecule has 2 heterocycles. The van der Waals surface area contributed by atoms with Crippen LogP contribution >= 0.6 is 0 Å². The van der Waals surface area contributed by atoms with E-state index in [2.05, 4.69) is 17.3 Å². The van der Waals surface area contributed by atoms with Crippen molar-refractivity contribution in [2.24, 2.45) is 5.41 Å². The molecule has 26 heavy (non-hydrogen) atoms. The zero-order chi connectivity index (χ0) is 18.6. The average molecular weight is 364 g/mol. The van der Waals surface area contributed by atoms with Crippen LogP contribution in [0.4, 0.5) is 4.39 Å². The zero-order valence-electron chi connectivity index (χ0n) is 15.5. The number of carbonyl (C=O) groups is 2. The lowest BCUT2D eigenvalue weighted by Crippen LogP contribution is -2.66. The van der Waals surface area contributed by atoms with E-state index in [-0.39, 0.29) is 43.4 Å². The lowest BCUT2D eigenvalue weighted by Gasteiger charge is -2.44. The lowest BCUT2D eigenvalue weighted by atomic mass is 9.80. The monoisotopic (exact) mass is 364 g/mol. The fraction of sp³-hybridized carbons (Fsp3) is 0.737. The normalized spacial score (nSPS) is 20.6. The van der Waals surface area contributed by atoms with Crippen molar-refractivity contribution >= 4 is 11.8 Å². The Morgan fingerprint density at radius 1 is 1.27 bits per heavy atom. The SMILES string of the molecule is CCCCC1(C(=O)NCC2(F)CN(C(=O)Cn3cccn3)C2)CCCC1. The van der Waals surface area contributed by atoms with Gasteiger partial charge in [-0.1, -0.05) is 32.6 Å². The maximum absolute atomic E-state index is 14.8. The first-order chi connectivity index (χ1) is 12.5. The van der Waals surface area contributed by atoms with Crippen LogP contribution in [0, 0.1) is 5.41 Å². The molecular weight excluding hydrogens is 335 g/mol. The van der Waals surface area contributed by atoms with Gasteiger partial charge in [-0.2, -0.15) is 5.10 Å². The molecule has 1 aromatic rings. The van der Waals surface area contributed by atoms with Crippen molar-refractivity contribution < 1.29 is 14.0 Å². The van der Waals surface area contributed by atoms with Crippen LogP contribution < -0.4 is 5.32 Å². The van der Waals surface area contributed by atoms with Gasteiger partial charge in [0.1, 0.15) is 6.54 Å². The predicted molar refractivity (Wildman–Crippen MR) is 96.1 cm³/mol. The molecule has 2 amide bonds. The van der Waals surface area contributed by atoms with Gasteiger partial charge in [0.25, 0.3) is 0 Å². The first-order valence-corrected chi connectivity index (χ1v) is 9.69. The highest BCUT2D eigenvalue weighted by atomic mass is 19.1. The molecule has 1 aliphatic heterocycles. The van der Waals surface area contributed by atoms with Crippen LogP contribution in [0.2, 0.25) is 0 Å². The third-order valence-electron chi connectivity index (χ3n) is 5.77. The topological polar surface area (TPSA) is 67.2 Å². The van der Waals surface area contributed by atoms with Gasteiger partial charge in [0.05, 0.1) is 19.6 Å². The van der Waals surface area contributed by atoms with Gasteiger partial charge < -0.3 is 10.2 Å². The molecule has 3 rings (SSSR count). The fourth-order valence-corrected chi connectivity index (χ4v) is 4.14. The summed E-state index contributed by atoms with van der Waals surface area (Å²) in [6.07, 6.45) is 10.3. The summed E-state index contributed by atoms with van der Waals surface area (Å²) in [6.45, 7) is 2.31. The Morgan fingerprint density at radius 3 is 2.62 bits per heavy atom. The Kier molecular flexibility index (Phi) is 5.63. The number of hydrogen-bond donors (Lipinski definition) is 1. The van der Waals surface area contributed by atoms with E-state index in [4.69, 9.17) is 0 Å². The molecule has 0 bridgehead atoms. The van der Waals surface area contributed by atoms with Crippen LogP contribution in [0.25, 0.3) is 0 Å². The number of nitrogens with zero attached hydrogens (tertiary/aromatic N) is 3. The third-order valence-corrected chi connectivity index (χ3v) is 5.77. The highest BCUT2D eigenvalue weighted by Gasteiger charge is 2.47. The van der Waals surface area contributed by atoms with Crippen molar-refractivity contribution in [3.05, 3.63) is 18.5 Å². The minimum absolute atomic E-state index is 0.00166. The zero-order valence-corrected chi connectivity index (χ0v) is 15.5. The van der Waals surface area contributed by atoms with Crippen molar-refractivity contribution in [1.29, 1.82) is 0 Å². The average Bonchev–Trinajstić information content (AvgIpc) is 3.27. The first kappa shape index (κ1) is 18.9. The van der Waals surface area contributed by atoms with E-state index in [1.54, 1.807) is 18.5 Å². The summed E-state index contributed by atoms with van der Waals surface area (Å²) in [4.78, 5) is 26.3. The Balaban J connectivity index is 1.46. The number of rotatable bonds is 8. The van der Waals surface area contributed by atoms with Crippen LogP contribution in [-0.4, -0.2) is 51.8 Å². The molecule has 1 aliphatic carbocycles. The number of hydrogen-bond acceptors (Lipinski definition) is 3. The van der Waals surface area contributed by atoms with Gasteiger partial charge in [0, 0.05) is 17.8 Å². The molecule has 2 aliphatic rings.